The molecule has 0 spiro atoms. The molecule has 0 unspecified atom stereocenters. The second-order valence-corrected chi connectivity index (χ2v) is 4.62. The van der Waals surface area contributed by atoms with E-state index in [0.717, 1.165) is 11.4 Å². The Bertz CT molecular complexity index is 674. The number of nitrogen functional groups attached to an aromatic ring is 1. The van der Waals surface area contributed by atoms with Gasteiger partial charge in [-0.15, -0.1) is 0 Å². The summed E-state index contributed by atoms with van der Waals surface area (Å²) in [7, 11) is 1.63. The Morgan fingerprint density at radius 3 is 2.10 bits per heavy atom. The highest BCUT2D eigenvalue weighted by molar-refractivity contribution is 5.82. The third-order valence-electron chi connectivity index (χ3n) is 3.02. The molecule has 0 saturated carbocycles. The highest BCUT2D eigenvalue weighted by Gasteiger charge is 1.89. The molecule has 0 heterocycles. The SMILES string of the molecule is COc1ccc(N)cc1.Cc1ccc2ccccc2c1. The molecule has 3 aromatic carbocycles. The van der Waals surface area contributed by atoms with E-state index in [-0.39, 0.29) is 0 Å². The van der Waals surface area contributed by atoms with Gasteiger partial charge < -0.3 is 10.5 Å². The van der Waals surface area contributed by atoms with Gasteiger partial charge >= 0.3 is 0 Å². The molecule has 0 fully saturated rings. The van der Waals surface area contributed by atoms with E-state index in [9.17, 15) is 0 Å². The van der Waals surface area contributed by atoms with E-state index >= 15 is 0 Å². The molecule has 0 aliphatic heterocycles. The lowest BCUT2D eigenvalue weighted by molar-refractivity contribution is 0.415. The van der Waals surface area contributed by atoms with Gasteiger partial charge in [-0.3, -0.25) is 0 Å². The Labute approximate surface area is 119 Å². The minimum Gasteiger partial charge on any atom is -0.497 e. The van der Waals surface area contributed by atoms with Crippen LogP contribution in [0.2, 0.25) is 0 Å². The average molecular weight is 265 g/mol. The molecule has 0 aliphatic carbocycles. The van der Waals surface area contributed by atoms with Crippen LogP contribution in [-0.2, 0) is 0 Å². The van der Waals surface area contributed by atoms with Crippen molar-refractivity contribution in [3.8, 4) is 5.75 Å². The fraction of sp³-hybridized carbons (Fsp3) is 0.111. The number of ether oxygens (including phenoxy) is 1. The van der Waals surface area contributed by atoms with Gasteiger partial charge in [-0.2, -0.15) is 0 Å². The Balaban J connectivity index is 0.000000151. The first-order chi connectivity index (χ1) is 9.69. The predicted octanol–water partition coefficient (Wildman–Crippen LogP) is 4.43. The molecular formula is C18H19NO. The van der Waals surface area contributed by atoms with Crippen LogP contribution < -0.4 is 10.5 Å². The van der Waals surface area contributed by atoms with Crippen LogP contribution >= 0.6 is 0 Å². The van der Waals surface area contributed by atoms with Crippen LogP contribution in [0.3, 0.4) is 0 Å². The second kappa shape index (κ2) is 6.62. The number of hydrogen-bond donors (Lipinski definition) is 1. The van der Waals surface area contributed by atoms with Gasteiger partial charge in [-0.05, 0) is 42.0 Å². The van der Waals surface area contributed by atoms with Crippen LogP contribution in [0.25, 0.3) is 10.8 Å². The third kappa shape index (κ3) is 3.75. The molecule has 0 aromatic heterocycles. The number of methoxy groups -OCH3 is 1. The molecular weight excluding hydrogens is 246 g/mol. The topological polar surface area (TPSA) is 35.2 Å². The van der Waals surface area contributed by atoms with E-state index in [1.54, 1.807) is 19.2 Å². The summed E-state index contributed by atoms with van der Waals surface area (Å²) < 4.78 is 4.91. The van der Waals surface area contributed by atoms with Crippen LogP contribution in [0.5, 0.6) is 5.75 Å². The summed E-state index contributed by atoms with van der Waals surface area (Å²) in [6, 6.07) is 22.2. The number of fused-ring (bicyclic) bond motifs is 1. The number of benzene rings is 3. The van der Waals surface area contributed by atoms with Crippen LogP contribution in [0.4, 0.5) is 5.69 Å². The molecule has 102 valence electrons. The van der Waals surface area contributed by atoms with Crippen molar-refractivity contribution in [2.45, 2.75) is 6.92 Å². The summed E-state index contributed by atoms with van der Waals surface area (Å²) in [5, 5.41) is 2.64. The smallest absolute Gasteiger partial charge is 0.119 e. The van der Waals surface area contributed by atoms with Crippen molar-refractivity contribution < 1.29 is 4.74 Å². The van der Waals surface area contributed by atoms with Crippen LogP contribution in [-0.4, -0.2) is 7.11 Å². The Hall–Kier alpha value is -2.48. The fourth-order valence-corrected chi connectivity index (χ4v) is 1.91. The molecule has 2 heteroatoms. The molecule has 0 saturated heterocycles. The first-order valence-corrected chi connectivity index (χ1v) is 6.54. The molecule has 2 nitrogen and oxygen atoms in total. The third-order valence-corrected chi connectivity index (χ3v) is 3.02. The molecule has 0 amide bonds. The first-order valence-electron chi connectivity index (χ1n) is 6.54. The highest BCUT2D eigenvalue weighted by Crippen LogP contribution is 2.14. The van der Waals surface area contributed by atoms with E-state index < -0.39 is 0 Å². The average Bonchev–Trinajstić information content (AvgIpc) is 2.48. The summed E-state index contributed by atoms with van der Waals surface area (Å²) in [5.74, 6) is 0.837. The minimum atomic E-state index is 0.760. The van der Waals surface area contributed by atoms with Gasteiger partial charge in [0.2, 0.25) is 0 Å². The normalized spacial score (nSPS) is 9.70. The monoisotopic (exact) mass is 265 g/mol. The van der Waals surface area contributed by atoms with Gasteiger partial charge in [-0.1, -0.05) is 48.0 Å². The summed E-state index contributed by atoms with van der Waals surface area (Å²) in [4.78, 5) is 0. The van der Waals surface area contributed by atoms with Crippen molar-refractivity contribution >= 4 is 16.5 Å². The lowest BCUT2D eigenvalue weighted by Gasteiger charge is -1.97. The molecule has 0 radical (unpaired) electrons. The van der Waals surface area contributed by atoms with E-state index in [1.165, 1.54) is 16.3 Å². The Kier molecular flexibility index (Phi) is 4.61. The van der Waals surface area contributed by atoms with Crippen LogP contribution in [0.1, 0.15) is 5.56 Å². The fourth-order valence-electron chi connectivity index (χ4n) is 1.91. The van der Waals surface area contributed by atoms with E-state index in [4.69, 9.17) is 10.5 Å². The maximum Gasteiger partial charge on any atom is 0.119 e. The van der Waals surface area contributed by atoms with E-state index in [2.05, 4.69) is 49.4 Å². The standard InChI is InChI=1S/C11H10.C7H9NO/c1-9-6-7-10-4-2-3-5-11(10)8-9;1-9-7-4-2-6(8)3-5-7/h2-8H,1H3;2-5H,8H2,1H3. The van der Waals surface area contributed by atoms with Crippen molar-refractivity contribution in [3.63, 3.8) is 0 Å². The van der Waals surface area contributed by atoms with Crippen molar-refractivity contribution in [1.82, 2.24) is 0 Å². The van der Waals surface area contributed by atoms with E-state index in [0.29, 0.717) is 0 Å². The number of anilines is 1. The van der Waals surface area contributed by atoms with Crippen molar-refractivity contribution in [1.29, 1.82) is 0 Å². The van der Waals surface area contributed by atoms with Crippen molar-refractivity contribution in [2.24, 2.45) is 0 Å². The lowest BCUT2D eigenvalue weighted by atomic mass is 10.1. The molecule has 3 rings (SSSR count). The zero-order chi connectivity index (χ0) is 14.4. The summed E-state index contributed by atoms with van der Waals surface area (Å²) in [5.41, 5.74) is 7.51. The van der Waals surface area contributed by atoms with Crippen LogP contribution in [0, 0.1) is 6.92 Å². The van der Waals surface area contributed by atoms with Crippen molar-refractivity contribution in [2.75, 3.05) is 12.8 Å². The molecule has 2 N–H and O–H groups in total. The molecule has 0 atom stereocenters. The zero-order valence-corrected chi connectivity index (χ0v) is 11.8. The maximum atomic E-state index is 5.43. The predicted molar refractivity (Wildman–Crippen MR) is 86.1 cm³/mol. The molecule has 20 heavy (non-hydrogen) atoms. The van der Waals surface area contributed by atoms with E-state index in [1.807, 2.05) is 12.1 Å². The number of aryl methyl sites for hydroxylation is 1. The molecule has 3 aromatic rings. The Morgan fingerprint density at radius 1 is 0.800 bits per heavy atom. The summed E-state index contributed by atoms with van der Waals surface area (Å²) in [6.45, 7) is 2.12. The van der Waals surface area contributed by atoms with Crippen molar-refractivity contribution in [3.05, 3.63) is 72.3 Å². The number of nitrogens with two attached hydrogens (primary N) is 1. The maximum absolute atomic E-state index is 5.43. The molecule has 0 aliphatic rings. The highest BCUT2D eigenvalue weighted by atomic mass is 16.5. The Morgan fingerprint density at radius 2 is 1.45 bits per heavy atom. The summed E-state index contributed by atoms with van der Waals surface area (Å²) in [6.07, 6.45) is 0. The van der Waals surface area contributed by atoms with Gasteiger partial charge in [0.15, 0.2) is 0 Å². The van der Waals surface area contributed by atoms with Crippen LogP contribution in [0.15, 0.2) is 66.7 Å². The molecule has 0 bridgehead atoms. The number of hydrogen-bond acceptors (Lipinski definition) is 2. The first kappa shape index (κ1) is 13.9. The largest absolute Gasteiger partial charge is 0.497 e. The second-order valence-electron chi connectivity index (χ2n) is 4.62. The van der Waals surface area contributed by atoms with Gasteiger partial charge in [0.05, 0.1) is 7.11 Å². The van der Waals surface area contributed by atoms with Gasteiger partial charge in [0.25, 0.3) is 0 Å². The quantitative estimate of drug-likeness (QED) is 0.661. The minimum absolute atomic E-state index is 0.760. The van der Waals surface area contributed by atoms with Gasteiger partial charge in [0.1, 0.15) is 5.75 Å². The number of rotatable bonds is 1. The lowest BCUT2D eigenvalue weighted by Crippen LogP contribution is -1.84. The summed E-state index contributed by atoms with van der Waals surface area (Å²) >= 11 is 0. The zero-order valence-electron chi connectivity index (χ0n) is 11.8. The van der Waals surface area contributed by atoms with Gasteiger partial charge in [-0.25, -0.2) is 0 Å². The van der Waals surface area contributed by atoms with Gasteiger partial charge in [0, 0.05) is 5.69 Å².